The minimum atomic E-state index is 0.673. The number of hydrogen-bond acceptors (Lipinski definition) is 12. The van der Waals surface area contributed by atoms with Gasteiger partial charge in [0.2, 0.25) is 0 Å². The second-order valence-electron chi connectivity index (χ2n) is 9.48. The quantitative estimate of drug-likeness (QED) is 0.104. The second kappa shape index (κ2) is 10.5. The van der Waals surface area contributed by atoms with Crippen molar-refractivity contribution in [3.8, 4) is 62.6 Å². The van der Waals surface area contributed by atoms with Crippen molar-refractivity contribution in [1.82, 2.24) is 0 Å². The predicted octanol–water partition coefficient (Wildman–Crippen LogP) is 9.55. The smallest absolute Gasteiger partial charge is 0.0585 e. The van der Waals surface area contributed by atoms with Gasteiger partial charge in [0, 0.05) is 33.4 Å². The molecule has 0 aliphatic heterocycles. The van der Waals surface area contributed by atoms with E-state index in [1.807, 2.05) is 68.7 Å². The largest absolute Gasteiger partial charge is 0.398 e. The van der Waals surface area contributed by atoms with Crippen LogP contribution in [0.15, 0.2) is 68.7 Å². The molecule has 1 aromatic carbocycles. The number of nitrogen functional groups attached to an aromatic ring is 6. The maximum atomic E-state index is 6.74. The number of benzene rings is 1. The number of thiophene rings is 6. The molecule has 0 fully saturated rings. The molecule has 6 heterocycles. The number of anilines is 6. The van der Waals surface area contributed by atoms with Gasteiger partial charge in [0.25, 0.3) is 0 Å². The van der Waals surface area contributed by atoms with Gasteiger partial charge in [-0.2, -0.15) is 0 Å². The Morgan fingerprint density at radius 3 is 0.500 bits per heavy atom. The van der Waals surface area contributed by atoms with Gasteiger partial charge in [0.15, 0.2) is 0 Å². The first kappa shape index (κ1) is 27.1. The zero-order valence-corrected chi connectivity index (χ0v) is 26.7. The van der Waals surface area contributed by atoms with Crippen molar-refractivity contribution in [3.63, 3.8) is 0 Å². The molecule has 0 amide bonds. The molecule has 7 aromatic rings. The highest BCUT2D eigenvalue weighted by Crippen LogP contribution is 2.62. The lowest BCUT2D eigenvalue weighted by Crippen LogP contribution is -2.03. The minimum Gasteiger partial charge on any atom is -0.398 e. The number of rotatable bonds is 6. The monoisotopic (exact) mass is 660 g/mol. The van der Waals surface area contributed by atoms with E-state index in [2.05, 4.69) is 0 Å². The van der Waals surface area contributed by atoms with Crippen molar-refractivity contribution in [1.29, 1.82) is 0 Å². The summed E-state index contributed by atoms with van der Waals surface area (Å²) in [6, 6.07) is 11.6. The Morgan fingerprint density at radius 2 is 0.405 bits per heavy atom. The predicted molar refractivity (Wildman–Crippen MR) is 193 cm³/mol. The van der Waals surface area contributed by atoms with Crippen LogP contribution in [0.3, 0.4) is 0 Å². The Hall–Kier alpha value is -3.78. The van der Waals surface area contributed by atoms with Crippen LogP contribution < -0.4 is 34.4 Å². The molecule has 0 saturated carbocycles. The summed E-state index contributed by atoms with van der Waals surface area (Å²) in [5.74, 6) is 0. The molecule has 7 rings (SSSR count). The van der Waals surface area contributed by atoms with Gasteiger partial charge in [-0.05, 0) is 68.7 Å². The van der Waals surface area contributed by atoms with Crippen LogP contribution in [0.1, 0.15) is 0 Å². The third-order valence-corrected chi connectivity index (χ3v) is 12.7. The highest BCUT2D eigenvalue weighted by molar-refractivity contribution is 7.18. The van der Waals surface area contributed by atoms with Crippen molar-refractivity contribution >= 4 is 102 Å². The molecule has 0 unspecified atom stereocenters. The third-order valence-electron chi connectivity index (χ3n) is 7.04. The molecule has 0 aliphatic rings. The second-order valence-corrected chi connectivity index (χ2v) is 15.0. The van der Waals surface area contributed by atoms with E-state index in [0.717, 1.165) is 62.6 Å². The molecule has 0 spiro atoms. The first-order valence-electron chi connectivity index (χ1n) is 12.6. The topological polar surface area (TPSA) is 156 Å². The molecular formula is C30H24N6S6. The normalized spacial score (nSPS) is 11.4. The zero-order chi connectivity index (χ0) is 29.1. The van der Waals surface area contributed by atoms with Gasteiger partial charge < -0.3 is 34.4 Å². The van der Waals surface area contributed by atoms with E-state index in [1.54, 1.807) is 68.0 Å². The molecule has 12 N–H and O–H groups in total. The average molecular weight is 661 g/mol. The first-order valence-corrected chi connectivity index (χ1v) is 17.9. The molecule has 6 nitrogen and oxygen atoms in total. The summed E-state index contributed by atoms with van der Waals surface area (Å²) in [6.45, 7) is 0. The first-order chi connectivity index (χ1) is 20.4. The Kier molecular flexibility index (Phi) is 6.76. The van der Waals surface area contributed by atoms with Crippen LogP contribution in [0.4, 0.5) is 34.1 Å². The van der Waals surface area contributed by atoms with Crippen molar-refractivity contribution in [2.45, 2.75) is 0 Å². The number of hydrogen-bond donors (Lipinski definition) is 6. The molecule has 210 valence electrons. The molecule has 0 aliphatic carbocycles. The average Bonchev–Trinajstić information content (AvgIpc) is 3.80. The maximum Gasteiger partial charge on any atom is 0.0585 e. The zero-order valence-electron chi connectivity index (χ0n) is 21.8. The fraction of sp³-hybridized carbons (Fsp3) is 0. The van der Waals surface area contributed by atoms with E-state index >= 15 is 0 Å². The Balaban J connectivity index is 1.87. The number of nitrogens with two attached hydrogens (primary N) is 6. The van der Waals surface area contributed by atoms with Gasteiger partial charge in [-0.3, -0.25) is 0 Å². The summed E-state index contributed by atoms with van der Waals surface area (Å²) >= 11 is 9.53. The molecule has 0 bridgehead atoms. The van der Waals surface area contributed by atoms with Crippen LogP contribution in [0.5, 0.6) is 0 Å². The summed E-state index contributed by atoms with van der Waals surface area (Å²) in [6.07, 6.45) is 0. The Bertz CT molecular complexity index is 1680. The van der Waals surface area contributed by atoms with Crippen LogP contribution >= 0.6 is 68.0 Å². The van der Waals surface area contributed by atoms with Crippen LogP contribution in [0.25, 0.3) is 62.6 Å². The van der Waals surface area contributed by atoms with E-state index in [0.29, 0.717) is 34.1 Å². The van der Waals surface area contributed by atoms with Crippen molar-refractivity contribution in [2.75, 3.05) is 34.4 Å². The van der Waals surface area contributed by atoms with E-state index in [4.69, 9.17) is 34.4 Å². The Labute approximate surface area is 266 Å². The van der Waals surface area contributed by atoms with Crippen LogP contribution in [0.2, 0.25) is 0 Å². The lowest BCUT2D eigenvalue weighted by Gasteiger charge is -2.26. The van der Waals surface area contributed by atoms with E-state index in [9.17, 15) is 0 Å². The minimum absolute atomic E-state index is 0.673. The lowest BCUT2D eigenvalue weighted by atomic mass is 9.81. The van der Waals surface area contributed by atoms with Crippen molar-refractivity contribution in [2.24, 2.45) is 0 Å². The van der Waals surface area contributed by atoms with Gasteiger partial charge in [-0.25, -0.2) is 0 Å². The standard InChI is InChI=1S/C30H24N6S6/c31-13-1-7-37-25(13)19-20(26-14(32)2-8-38-26)22(28-16(34)4-10-40-28)24(30-18(36)6-12-42-30)23(29-17(35)5-11-41-29)21(19)27-15(33)3-9-39-27/h1-12H,31-36H2. The molecular weight excluding hydrogens is 637 g/mol. The van der Waals surface area contributed by atoms with E-state index in [-0.39, 0.29) is 0 Å². The molecule has 42 heavy (non-hydrogen) atoms. The fourth-order valence-corrected chi connectivity index (χ4v) is 10.5. The summed E-state index contributed by atoms with van der Waals surface area (Å²) in [7, 11) is 0. The van der Waals surface area contributed by atoms with Crippen LogP contribution in [-0.4, -0.2) is 0 Å². The molecule has 0 saturated heterocycles. The summed E-state index contributed by atoms with van der Waals surface area (Å²) < 4.78 is 0. The fourth-order valence-electron chi connectivity index (χ4n) is 5.25. The SMILES string of the molecule is Nc1ccsc1-c1c(-c2sccc2N)c(-c2sccc2N)c(-c2sccc2N)c(-c2sccc2N)c1-c1sccc1N. The third kappa shape index (κ3) is 4.14. The van der Waals surface area contributed by atoms with E-state index < -0.39 is 0 Å². The van der Waals surface area contributed by atoms with E-state index in [1.165, 1.54) is 0 Å². The van der Waals surface area contributed by atoms with Crippen LogP contribution in [-0.2, 0) is 0 Å². The van der Waals surface area contributed by atoms with Gasteiger partial charge in [0.1, 0.15) is 0 Å². The summed E-state index contributed by atoms with van der Waals surface area (Å²) in [4.78, 5) is 5.58. The van der Waals surface area contributed by atoms with Crippen molar-refractivity contribution in [3.05, 3.63) is 68.7 Å². The maximum absolute atomic E-state index is 6.74. The lowest BCUT2D eigenvalue weighted by molar-refractivity contribution is 1.64. The highest BCUT2D eigenvalue weighted by atomic mass is 32.1. The van der Waals surface area contributed by atoms with Gasteiger partial charge in [-0.1, -0.05) is 0 Å². The summed E-state index contributed by atoms with van der Waals surface area (Å²) in [5, 5.41) is 12.1. The highest BCUT2D eigenvalue weighted by Gasteiger charge is 2.34. The van der Waals surface area contributed by atoms with Crippen molar-refractivity contribution < 1.29 is 0 Å². The molecule has 0 radical (unpaired) electrons. The van der Waals surface area contributed by atoms with Gasteiger partial charge in [-0.15, -0.1) is 68.0 Å². The molecule has 0 atom stereocenters. The molecule has 6 aromatic heterocycles. The Morgan fingerprint density at radius 1 is 0.262 bits per heavy atom. The van der Waals surface area contributed by atoms with Gasteiger partial charge >= 0.3 is 0 Å². The van der Waals surface area contributed by atoms with Gasteiger partial charge in [0.05, 0.1) is 63.4 Å². The summed E-state index contributed by atoms with van der Waals surface area (Å²) in [5.41, 5.74) is 50.2. The molecule has 12 heteroatoms. The van der Waals surface area contributed by atoms with Crippen LogP contribution in [0, 0.1) is 0 Å².